The summed E-state index contributed by atoms with van der Waals surface area (Å²) >= 11 is 4.88. The molecule has 0 unspecified atom stereocenters. The van der Waals surface area contributed by atoms with Gasteiger partial charge >= 0.3 is 0 Å². The van der Waals surface area contributed by atoms with E-state index in [1.54, 1.807) is 4.57 Å². The van der Waals surface area contributed by atoms with Gasteiger partial charge in [-0.2, -0.15) is 0 Å². The summed E-state index contributed by atoms with van der Waals surface area (Å²) in [6.07, 6.45) is 1.85. The van der Waals surface area contributed by atoms with Gasteiger partial charge < -0.3 is 0 Å². The number of rotatable bonds is 3. The SMILES string of the molecule is O=S(=O)(Cl)c1nnc(-c2csc(Br)c2)n1C1CC1. The first kappa shape index (κ1) is 12.6. The summed E-state index contributed by atoms with van der Waals surface area (Å²) in [5.41, 5.74) is 0.845. The molecule has 0 N–H and O–H groups in total. The number of nitrogens with zero attached hydrogens (tertiary/aromatic N) is 3. The molecule has 1 aliphatic rings. The maximum absolute atomic E-state index is 11.5. The number of thiophene rings is 1. The smallest absolute Gasteiger partial charge is 0.294 e. The Kier molecular flexibility index (Phi) is 3.00. The third-order valence-electron chi connectivity index (χ3n) is 2.62. The largest absolute Gasteiger partial charge is 0.296 e. The Morgan fingerprint density at radius 3 is 2.67 bits per heavy atom. The first-order chi connectivity index (χ1) is 8.47. The highest BCUT2D eigenvalue weighted by Gasteiger charge is 2.34. The van der Waals surface area contributed by atoms with Crippen molar-refractivity contribution in [3.63, 3.8) is 0 Å². The Bertz CT molecular complexity index is 705. The van der Waals surface area contributed by atoms with Gasteiger partial charge in [0.1, 0.15) is 0 Å². The quantitative estimate of drug-likeness (QED) is 0.781. The van der Waals surface area contributed by atoms with Crippen molar-refractivity contribution in [3.05, 3.63) is 15.2 Å². The predicted octanol–water partition coefficient (Wildman–Crippen LogP) is 3.03. The molecule has 2 aromatic heterocycles. The van der Waals surface area contributed by atoms with Crippen LogP contribution in [0.5, 0.6) is 0 Å². The number of halogens is 2. The molecule has 1 fully saturated rings. The van der Waals surface area contributed by atoms with Crippen molar-refractivity contribution in [1.29, 1.82) is 0 Å². The molecule has 9 heteroatoms. The summed E-state index contributed by atoms with van der Waals surface area (Å²) in [6.45, 7) is 0. The zero-order chi connectivity index (χ0) is 12.9. The Morgan fingerprint density at radius 1 is 1.44 bits per heavy atom. The van der Waals surface area contributed by atoms with Crippen molar-refractivity contribution in [2.45, 2.75) is 24.0 Å². The van der Waals surface area contributed by atoms with Gasteiger partial charge in [-0.3, -0.25) is 4.57 Å². The highest BCUT2D eigenvalue weighted by atomic mass is 79.9. The maximum atomic E-state index is 11.5. The van der Waals surface area contributed by atoms with E-state index in [-0.39, 0.29) is 11.2 Å². The molecule has 0 bridgehead atoms. The first-order valence-electron chi connectivity index (χ1n) is 5.11. The van der Waals surface area contributed by atoms with Crippen LogP contribution in [-0.2, 0) is 9.05 Å². The molecule has 3 rings (SSSR count). The van der Waals surface area contributed by atoms with Crippen LogP contribution in [-0.4, -0.2) is 23.2 Å². The van der Waals surface area contributed by atoms with Gasteiger partial charge in [0.25, 0.3) is 14.2 Å². The van der Waals surface area contributed by atoms with Crippen LogP contribution in [0.4, 0.5) is 0 Å². The molecule has 0 aliphatic heterocycles. The molecule has 5 nitrogen and oxygen atoms in total. The maximum Gasteiger partial charge on any atom is 0.296 e. The number of hydrogen-bond acceptors (Lipinski definition) is 5. The molecule has 1 aliphatic carbocycles. The summed E-state index contributed by atoms with van der Waals surface area (Å²) in [5.74, 6) is 0.554. The predicted molar refractivity (Wildman–Crippen MR) is 72.3 cm³/mol. The highest BCUT2D eigenvalue weighted by molar-refractivity contribution is 9.11. The lowest BCUT2D eigenvalue weighted by atomic mass is 10.3. The Hall–Kier alpha value is -0.440. The third-order valence-corrected chi connectivity index (χ3v) is 5.25. The zero-order valence-corrected chi connectivity index (χ0v) is 12.9. The summed E-state index contributed by atoms with van der Waals surface area (Å²) in [4.78, 5) is 0. The highest BCUT2D eigenvalue weighted by Crippen LogP contribution is 2.41. The van der Waals surface area contributed by atoms with E-state index in [4.69, 9.17) is 10.7 Å². The van der Waals surface area contributed by atoms with E-state index in [2.05, 4.69) is 26.1 Å². The van der Waals surface area contributed by atoms with Crippen molar-refractivity contribution in [2.24, 2.45) is 0 Å². The standard InChI is InChI=1S/C9H7BrClN3O2S2/c10-7-3-5(4-17-7)8-12-13-9(18(11,15)16)14(8)6-1-2-6/h3-4,6H,1-2H2. The normalized spacial score (nSPS) is 16.1. The van der Waals surface area contributed by atoms with Gasteiger partial charge in [-0.25, -0.2) is 8.42 Å². The van der Waals surface area contributed by atoms with Gasteiger partial charge in [0, 0.05) is 27.7 Å². The van der Waals surface area contributed by atoms with E-state index in [1.165, 1.54) is 11.3 Å². The fourth-order valence-electron chi connectivity index (χ4n) is 1.73. The lowest BCUT2D eigenvalue weighted by Crippen LogP contribution is -2.05. The molecule has 0 atom stereocenters. The lowest BCUT2D eigenvalue weighted by Gasteiger charge is -2.05. The van der Waals surface area contributed by atoms with E-state index in [0.29, 0.717) is 5.82 Å². The first-order valence-corrected chi connectivity index (χ1v) is 9.09. The van der Waals surface area contributed by atoms with Crippen LogP contribution in [0.25, 0.3) is 11.4 Å². The van der Waals surface area contributed by atoms with Gasteiger partial charge in [-0.05, 0) is 34.8 Å². The molecule has 0 aromatic carbocycles. The van der Waals surface area contributed by atoms with Gasteiger partial charge in [0.05, 0.1) is 3.79 Å². The van der Waals surface area contributed by atoms with Gasteiger partial charge in [0.15, 0.2) is 5.82 Å². The minimum absolute atomic E-state index is 0.136. The molecule has 2 heterocycles. The van der Waals surface area contributed by atoms with Crippen LogP contribution in [0.2, 0.25) is 0 Å². The second-order valence-corrected chi connectivity index (χ2v) is 8.73. The molecule has 1 saturated carbocycles. The summed E-state index contributed by atoms with van der Waals surface area (Å²) in [6, 6.07) is 2.02. The van der Waals surface area contributed by atoms with E-state index in [9.17, 15) is 8.42 Å². The Morgan fingerprint density at radius 2 is 2.17 bits per heavy atom. The van der Waals surface area contributed by atoms with Crippen molar-refractivity contribution in [1.82, 2.24) is 14.8 Å². The van der Waals surface area contributed by atoms with Crippen molar-refractivity contribution in [2.75, 3.05) is 0 Å². The molecule has 0 spiro atoms. The van der Waals surface area contributed by atoms with Crippen LogP contribution >= 0.6 is 37.9 Å². The number of aromatic nitrogens is 3. The molecule has 0 amide bonds. The van der Waals surface area contributed by atoms with Crippen LogP contribution in [0.3, 0.4) is 0 Å². The van der Waals surface area contributed by atoms with Crippen LogP contribution < -0.4 is 0 Å². The second-order valence-electron chi connectivity index (χ2n) is 3.98. The van der Waals surface area contributed by atoms with E-state index in [0.717, 1.165) is 22.2 Å². The molecular formula is C9H7BrClN3O2S2. The van der Waals surface area contributed by atoms with Crippen molar-refractivity contribution >= 4 is 47.0 Å². The van der Waals surface area contributed by atoms with E-state index < -0.39 is 9.05 Å². The number of hydrogen-bond donors (Lipinski definition) is 0. The van der Waals surface area contributed by atoms with Gasteiger partial charge in [0.2, 0.25) is 0 Å². The van der Waals surface area contributed by atoms with Crippen molar-refractivity contribution in [3.8, 4) is 11.4 Å². The van der Waals surface area contributed by atoms with Crippen LogP contribution in [0.15, 0.2) is 20.4 Å². The van der Waals surface area contributed by atoms with Gasteiger partial charge in [-0.1, -0.05) is 0 Å². The third kappa shape index (κ3) is 2.22. The minimum atomic E-state index is -3.87. The Labute approximate surface area is 120 Å². The molecule has 0 saturated heterocycles. The molecule has 18 heavy (non-hydrogen) atoms. The van der Waals surface area contributed by atoms with Crippen LogP contribution in [0, 0.1) is 0 Å². The van der Waals surface area contributed by atoms with Crippen LogP contribution in [0.1, 0.15) is 18.9 Å². The second kappa shape index (κ2) is 4.29. The Balaban J connectivity index is 2.19. The lowest BCUT2D eigenvalue weighted by molar-refractivity contribution is 0.579. The zero-order valence-electron chi connectivity index (χ0n) is 8.88. The molecule has 96 valence electrons. The topological polar surface area (TPSA) is 64.8 Å². The summed E-state index contributed by atoms with van der Waals surface area (Å²) in [7, 11) is 1.52. The molecular weight excluding hydrogens is 362 g/mol. The average Bonchev–Trinajstić information content (AvgIpc) is 2.85. The average molecular weight is 369 g/mol. The van der Waals surface area contributed by atoms with E-state index in [1.807, 2.05) is 11.4 Å². The fourth-order valence-corrected chi connectivity index (χ4v) is 3.79. The fraction of sp³-hybridized carbons (Fsp3) is 0.333. The summed E-state index contributed by atoms with van der Waals surface area (Å²) in [5, 5.41) is 9.42. The molecule has 2 aromatic rings. The van der Waals surface area contributed by atoms with E-state index >= 15 is 0 Å². The van der Waals surface area contributed by atoms with Gasteiger partial charge in [-0.15, -0.1) is 21.5 Å². The minimum Gasteiger partial charge on any atom is -0.294 e. The van der Waals surface area contributed by atoms with Crippen molar-refractivity contribution < 1.29 is 8.42 Å². The summed E-state index contributed by atoms with van der Waals surface area (Å²) < 4.78 is 25.5. The molecule has 0 radical (unpaired) electrons. The monoisotopic (exact) mass is 367 g/mol.